The number of benzene rings is 1. The van der Waals surface area contributed by atoms with E-state index in [9.17, 15) is 9.59 Å². The molecule has 1 fully saturated rings. The van der Waals surface area contributed by atoms with Crippen LogP contribution in [0.15, 0.2) is 36.4 Å². The van der Waals surface area contributed by atoms with E-state index in [-0.39, 0.29) is 18.4 Å². The molecule has 1 aromatic rings. The van der Waals surface area contributed by atoms with Gasteiger partial charge in [-0.05, 0) is 5.56 Å². The van der Waals surface area contributed by atoms with E-state index in [0.29, 0.717) is 13.1 Å². The molecule has 0 aliphatic carbocycles. The minimum atomic E-state index is -0.468. The van der Waals surface area contributed by atoms with Gasteiger partial charge < -0.3 is 10.2 Å². The van der Waals surface area contributed by atoms with Crippen LogP contribution in [0.4, 0.5) is 0 Å². The van der Waals surface area contributed by atoms with Crippen LogP contribution < -0.4 is 5.32 Å². The molecule has 1 saturated heterocycles. The van der Waals surface area contributed by atoms with Gasteiger partial charge >= 0.3 is 0 Å². The Hall–Kier alpha value is -2.14. The van der Waals surface area contributed by atoms with Gasteiger partial charge in [0.2, 0.25) is 11.8 Å². The molecule has 0 unspecified atom stereocenters. The van der Waals surface area contributed by atoms with Gasteiger partial charge in [-0.1, -0.05) is 63.3 Å². The number of hydrogen-bond acceptors (Lipinski definition) is 3. The van der Waals surface area contributed by atoms with E-state index in [1.165, 1.54) is 5.56 Å². The van der Waals surface area contributed by atoms with Crippen molar-refractivity contribution in [3.05, 3.63) is 42.0 Å². The van der Waals surface area contributed by atoms with E-state index in [2.05, 4.69) is 34.5 Å². The molecule has 0 aromatic heterocycles. The van der Waals surface area contributed by atoms with E-state index in [0.717, 1.165) is 19.6 Å². The van der Waals surface area contributed by atoms with Gasteiger partial charge in [-0.25, -0.2) is 0 Å². The van der Waals surface area contributed by atoms with Crippen molar-refractivity contribution in [1.82, 2.24) is 15.1 Å². The van der Waals surface area contributed by atoms with E-state index in [1.807, 2.05) is 43.9 Å². The molecule has 1 aliphatic rings. The SMILES string of the molecule is CC(C)(C)C(=O)NCC(=O)N1CCN(C/C=C/c2ccccc2)CC1. The van der Waals surface area contributed by atoms with Gasteiger partial charge in [0.15, 0.2) is 0 Å². The van der Waals surface area contributed by atoms with Crippen molar-refractivity contribution in [3.63, 3.8) is 0 Å². The molecular weight excluding hydrogens is 314 g/mol. The number of nitrogens with zero attached hydrogens (tertiary/aromatic N) is 2. The standard InChI is InChI=1S/C20H29N3O2/c1-20(2,3)19(25)21-16-18(24)23-14-12-22(13-15-23)11-7-10-17-8-5-4-6-9-17/h4-10H,11-16H2,1-3H3,(H,21,25)/b10-7+. The largest absolute Gasteiger partial charge is 0.347 e. The van der Waals surface area contributed by atoms with Crippen LogP contribution in [0, 0.1) is 5.41 Å². The lowest BCUT2D eigenvalue weighted by Crippen LogP contribution is -2.51. The minimum Gasteiger partial charge on any atom is -0.347 e. The normalized spacial score (nSPS) is 16.2. The van der Waals surface area contributed by atoms with Crippen molar-refractivity contribution in [1.29, 1.82) is 0 Å². The molecule has 136 valence electrons. The molecule has 1 aliphatic heterocycles. The quantitative estimate of drug-likeness (QED) is 0.890. The Morgan fingerprint density at radius 3 is 2.32 bits per heavy atom. The number of nitrogens with one attached hydrogen (secondary N) is 1. The van der Waals surface area contributed by atoms with E-state index in [4.69, 9.17) is 0 Å². The zero-order valence-electron chi connectivity index (χ0n) is 15.5. The van der Waals surface area contributed by atoms with Crippen molar-refractivity contribution >= 4 is 17.9 Å². The molecule has 0 spiro atoms. The number of piperazine rings is 1. The highest BCUT2D eigenvalue weighted by Crippen LogP contribution is 2.12. The number of amides is 2. The van der Waals surface area contributed by atoms with Gasteiger partial charge in [0.1, 0.15) is 0 Å². The number of carbonyl (C=O) groups is 2. The third-order valence-electron chi connectivity index (χ3n) is 4.28. The summed E-state index contributed by atoms with van der Waals surface area (Å²) in [6, 6.07) is 10.2. The molecule has 2 rings (SSSR count). The third-order valence-corrected chi connectivity index (χ3v) is 4.28. The van der Waals surface area contributed by atoms with Crippen molar-refractivity contribution < 1.29 is 9.59 Å². The first-order valence-electron chi connectivity index (χ1n) is 8.86. The second-order valence-electron chi connectivity index (χ2n) is 7.43. The zero-order valence-corrected chi connectivity index (χ0v) is 15.5. The fraction of sp³-hybridized carbons (Fsp3) is 0.500. The molecule has 25 heavy (non-hydrogen) atoms. The maximum atomic E-state index is 12.2. The van der Waals surface area contributed by atoms with Gasteiger partial charge in [-0.15, -0.1) is 0 Å². The Labute approximate surface area is 150 Å². The molecule has 5 nitrogen and oxygen atoms in total. The molecular formula is C20H29N3O2. The lowest BCUT2D eigenvalue weighted by atomic mass is 9.96. The molecule has 2 amide bonds. The van der Waals surface area contributed by atoms with Crippen LogP contribution in [0.2, 0.25) is 0 Å². The summed E-state index contributed by atoms with van der Waals surface area (Å²) >= 11 is 0. The third kappa shape index (κ3) is 6.35. The molecule has 1 N–H and O–H groups in total. The Morgan fingerprint density at radius 2 is 1.72 bits per heavy atom. The summed E-state index contributed by atoms with van der Waals surface area (Å²) in [7, 11) is 0. The summed E-state index contributed by atoms with van der Waals surface area (Å²) in [4.78, 5) is 28.2. The summed E-state index contributed by atoms with van der Waals surface area (Å²) < 4.78 is 0. The Balaban J connectivity index is 1.69. The topological polar surface area (TPSA) is 52.7 Å². The summed E-state index contributed by atoms with van der Waals surface area (Å²) in [5, 5.41) is 2.73. The first-order chi connectivity index (χ1) is 11.9. The van der Waals surface area contributed by atoms with Crippen LogP contribution in [0.5, 0.6) is 0 Å². The zero-order chi connectivity index (χ0) is 18.3. The number of carbonyl (C=O) groups excluding carboxylic acids is 2. The first kappa shape index (κ1) is 19.2. The fourth-order valence-electron chi connectivity index (χ4n) is 2.61. The van der Waals surface area contributed by atoms with Crippen LogP contribution in [0.25, 0.3) is 6.08 Å². The Bertz CT molecular complexity index is 597. The average Bonchev–Trinajstić information content (AvgIpc) is 2.60. The number of hydrogen-bond donors (Lipinski definition) is 1. The van der Waals surface area contributed by atoms with E-state index >= 15 is 0 Å². The summed E-state index contributed by atoms with van der Waals surface area (Å²) in [5.41, 5.74) is 0.732. The average molecular weight is 343 g/mol. The van der Waals surface area contributed by atoms with Crippen molar-refractivity contribution in [2.75, 3.05) is 39.3 Å². The second-order valence-corrected chi connectivity index (χ2v) is 7.43. The van der Waals surface area contributed by atoms with Crippen molar-refractivity contribution in [3.8, 4) is 0 Å². The van der Waals surface area contributed by atoms with Crippen LogP contribution >= 0.6 is 0 Å². The van der Waals surface area contributed by atoms with E-state index < -0.39 is 5.41 Å². The Morgan fingerprint density at radius 1 is 1.08 bits per heavy atom. The van der Waals surface area contributed by atoms with Gasteiger partial charge in [-0.2, -0.15) is 0 Å². The molecule has 1 aromatic carbocycles. The summed E-state index contributed by atoms with van der Waals surface area (Å²) in [6.07, 6.45) is 4.29. The van der Waals surface area contributed by atoms with Crippen LogP contribution in [0.3, 0.4) is 0 Å². The fourth-order valence-corrected chi connectivity index (χ4v) is 2.61. The molecule has 0 saturated carbocycles. The van der Waals surface area contributed by atoms with Crippen molar-refractivity contribution in [2.45, 2.75) is 20.8 Å². The highest BCUT2D eigenvalue weighted by atomic mass is 16.2. The van der Waals surface area contributed by atoms with E-state index in [1.54, 1.807) is 0 Å². The summed E-state index contributed by atoms with van der Waals surface area (Å²) in [5.74, 6) is -0.0948. The monoisotopic (exact) mass is 343 g/mol. The van der Waals surface area contributed by atoms with Crippen LogP contribution in [-0.4, -0.2) is 60.9 Å². The molecule has 0 bridgehead atoms. The predicted molar refractivity (Wildman–Crippen MR) is 101 cm³/mol. The summed E-state index contributed by atoms with van der Waals surface area (Å²) in [6.45, 7) is 9.64. The Kier molecular flexibility index (Phi) is 6.76. The maximum absolute atomic E-state index is 12.2. The maximum Gasteiger partial charge on any atom is 0.242 e. The lowest BCUT2D eigenvalue weighted by Gasteiger charge is -2.34. The molecule has 1 heterocycles. The van der Waals surface area contributed by atoms with Crippen molar-refractivity contribution in [2.24, 2.45) is 5.41 Å². The first-order valence-corrected chi connectivity index (χ1v) is 8.86. The minimum absolute atomic E-state index is 0.00271. The highest BCUT2D eigenvalue weighted by Gasteiger charge is 2.24. The second kappa shape index (κ2) is 8.81. The molecule has 5 heteroatoms. The predicted octanol–water partition coefficient (Wildman–Crippen LogP) is 2.01. The van der Waals surface area contributed by atoms with Crippen LogP contribution in [0.1, 0.15) is 26.3 Å². The smallest absolute Gasteiger partial charge is 0.242 e. The lowest BCUT2D eigenvalue weighted by molar-refractivity contribution is -0.136. The van der Waals surface area contributed by atoms with Gasteiger partial charge in [0, 0.05) is 38.1 Å². The van der Waals surface area contributed by atoms with Gasteiger partial charge in [0.05, 0.1) is 6.54 Å². The number of rotatable bonds is 5. The van der Waals surface area contributed by atoms with Crippen LogP contribution in [-0.2, 0) is 9.59 Å². The molecule has 0 radical (unpaired) electrons. The van der Waals surface area contributed by atoms with Gasteiger partial charge in [0.25, 0.3) is 0 Å². The highest BCUT2D eigenvalue weighted by molar-refractivity contribution is 5.87. The molecule has 0 atom stereocenters. The van der Waals surface area contributed by atoms with Gasteiger partial charge in [-0.3, -0.25) is 14.5 Å².